The minimum Gasteiger partial charge on any atom is -0.374 e. The second kappa shape index (κ2) is 5.99. The van der Waals surface area contributed by atoms with E-state index in [9.17, 15) is 0 Å². The third-order valence-corrected chi connectivity index (χ3v) is 3.93. The average molecular weight is 226 g/mol. The normalized spacial score (nSPS) is 35.4. The summed E-state index contributed by atoms with van der Waals surface area (Å²) >= 11 is 0. The van der Waals surface area contributed by atoms with Crippen molar-refractivity contribution in [3.63, 3.8) is 0 Å². The molecule has 2 N–H and O–H groups in total. The summed E-state index contributed by atoms with van der Waals surface area (Å²) in [5.74, 6) is 0.888. The molecule has 3 heteroatoms. The highest BCUT2D eigenvalue weighted by Crippen LogP contribution is 2.23. The van der Waals surface area contributed by atoms with Gasteiger partial charge in [0.25, 0.3) is 0 Å². The minimum absolute atomic E-state index is 0.116. The van der Waals surface area contributed by atoms with Crippen LogP contribution in [0.3, 0.4) is 0 Å². The summed E-state index contributed by atoms with van der Waals surface area (Å²) in [7, 11) is 0. The molecule has 2 rings (SSSR count). The zero-order chi connectivity index (χ0) is 11.3. The first-order valence-corrected chi connectivity index (χ1v) is 6.84. The second-order valence-corrected chi connectivity index (χ2v) is 5.58. The number of ether oxygens (including phenoxy) is 1. The lowest BCUT2D eigenvalue weighted by molar-refractivity contribution is 0.0208. The van der Waals surface area contributed by atoms with Crippen molar-refractivity contribution in [2.45, 2.75) is 44.6 Å². The van der Waals surface area contributed by atoms with E-state index in [1.807, 2.05) is 0 Å². The predicted molar refractivity (Wildman–Crippen MR) is 66.7 cm³/mol. The first-order chi connectivity index (χ1) is 7.79. The maximum absolute atomic E-state index is 5.76. The molecule has 0 saturated carbocycles. The molecule has 94 valence electrons. The molecule has 0 amide bonds. The van der Waals surface area contributed by atoms with Gasteiger partial charge in [-0.05, 0) is 64.6 Å². The maximum atomic E-state index is 5.76. The lowest BCUT2D eigenvalue weighted by Crippen LogP contribution is -2.39. The van der Waals surface area contributed by atoms with Gasteiger partial charge in [-0.1, -0.05) is 0 Å². The monoisotopic (exact) mass is 226 g/mol. The van der Waals surface area contributed by atoms with Crippen LogP contribution in [0.15, 0.2) is 0 Å². The van der Waals surface area contributed by atoms with E-state index in [1.165, 1.54) is 45.2 Å². The van der Waals surface area contributed by atoms with Gasteiger partial charge in [0, 0.05) is 13.2 Å². The Morgan fingerprint density at radius 1 is 1.44 bits per heavy atom. The van der Waals surface area contributed by atoms with E-state index in [1.54, 1.807) is 0 Å². The standard InChI is InChI=1S/C13H26N2O/c1-13(6-3-9-16-13)11-15-8-5-12-4-2-7-14-10-12/h12,14-15H,2-11H2,1H3. The van der Waals surface area contributed by atoms with Crippen LogP contribution in [0, 0.1) is 5.92 Å². The Bertz CT molecular complexity index is 196. The van der Waals surface area contributed by atoms with Gasteiger partial charge in [0.2, 0.25) is 0 Å². The van der Waals surface area contributed by atoms with Crippen LogP contribution in [0.25, 0.3) is 0 Å². The van der Waals surface area contributed by atoms with E-state index in [-0.39, 0.29) is 5.60 Å². The van der Waals surface area contributed by atoms with E-state index in [4.69, 9.17) is 4.74 Å². The molecule has 0 radical (unpaired) electrons. The van der Waals surface area contributed by atoms with Gasteiger partial charge in [0.15, 0.2) is 0 Å². The first kappa shape index (κ1) is 12.3. The van der Waals surface area contributed by atoms with Gasteiger partial charge in [-0.15, -0.1) is 0 Å². The lowest BCUT2D eigenvalue weighted by Gasteiger charge is -2.25. The van der Waals surface area contributed by atoms with Crippen molar-refractivity contribution >= 4 is 0 Å². The number of piperidine rings is 1. The van der Waals surface area contributed by atoms with Crippen molar-refractivity contribution in [3.8, 4) is 0 Å². The van der Waals surface area contributed by atoms with Crippen LogP contribution in [0.1, 0.15) is 39.0 Å². The molecule has 3 nitrogen and oxygen atoms in total. The number of hydrogen-bond acceptors (Lipinski definition) is 3. The molecule has 0 spiro atoms. The fraction of sp³-hybridized carbons (Fsp3) is 1.00. The smallest absolute Gasteiger partial charge is 0.0779 e. The SMILES string of the molecule is CC1(CNCCC2CCCNC2)CCCO1. The van der Waals surface area contributed by atoms with Crippen LogP contribution in [-0.2, 0) is 4.74 Å². The van der Waals surface area contributed by atoms with Gasteiger partial charge in [-0.25, -0.2) is 0 Å². The van der Waals surface area contributed by atoms with Crippen LogP contribution < -0.4 is 10.6 Å². The molecule has 2 atom stereocenters. The van der Waals surface area contributed by atoms with Crippen LogP contribution >= 0.6 is 0 Å². The Balaban J connectivity index is 1.54. The fourth-order valence-corrected chi connectivity index (χ4v) is 2.81. The zero-order valence-electron chi connectivity index (χ0n) is 10.6. The molecular weight excluding hydrogens is 200 g/mol. The summed E-state index contributed by atoms with van der Waals surface area (Å²) in [6.07, 6.45) is 6.51. The van der Waals surface area contributed by atoms with E-state index in [2.05, 4.69) is 17.6 Å². The van der Waals surface area contributed by atoms with Gasteiger partial charge in [-0.2, -0.15) is 0 Å². The Morgan fingerprint density at radius 2 is 2.38 bits per heavy atom. The number of rotatable bonds is 5. The summed E-state index contributed by atoms with van der Waals surface area (Å²) in [6.45, 7) is 7.78. The van der Waals surface area contributed by atoms with Crippen LogP contribution in [0.5, 0.6) is 0 Å². The van der Waals surface area contributed by atoms with Crippen LogP contribution in [-0.4, -0.2) is 38.4 Å². The van der Waals surface area contributed by atoms with E-state index >= 15 is 0 Å². The molecule has 0 aromatic carbocycles. The maximum Gasteiger partial charge on any atom is 0.0779 e. The highest BCUT2D eigenvalue weighted by atomic mass is 16.5. The summed E-state index contributed by atoms with van der Waals surface area (Å²) in [6, 6.07) is 0. The van der Waals surface area contributed by atoms with Gasteiger partial charge < -0.3 is 15.4 Å². The molecule has 2 heterocycles. The first-order valence-electron chi connectivity index (χ1n) is 6.84. The van der Waals surface area contributed by atoms with E-state index in [0.717, 1.165) is 25.6 Å². The Kier molecular flexibility index (Phi) is 4.62. The molecule has 0 aliphatic carbocycles. The predicted octanol–water partition coefficient (Wildman–Crippen LogP) is 1.53. The molecule has 0 aromatic heterocycles. The lowest BCUT2D eigenvalue weighted by atomic mass is 9.96. The zero-order valence-corrected chi connectivity index (χ0v) is 10.6. The van der Waals surface area contributed by atoms with Crippen molar-refractivity contribution in [2.24, 2.45) is 5.92 Å². The molecule has 0 bridgehead atoms. The summed E-state index contributed by atoms with van der Waals surface area (Å²) in [4.78, 5) is 0. The van der Waals surface area contributed by atoms with Gasteiger partial charge in [-0.3, -0.25) is 0 Å². The second-order valence-electron chi connectivity index (χ2n) is 5.58. The Hall–Kier alpha value is -0.120. The van der Waals surface area contributed by atoms with E-state index < -0.39 is 0 Å². The molecule has 2 aliphatic heterocycles. The number of hydrogen-bond donors (Lipinski definition) is 2. The minimum atomic E-state index is 0.116. The van der Waals surface area contributed by atoms with Crippen LogP contribution in [0.4, 0.5) is 0 Å². The van der Waals surface area contributed by atoms with Gasteiger partial charge >= 0.3 is 0 Å². The van der Waals surface area contributed by atoms with Crippen molar-refractivity contribution in [2.75, 3.05) is 32.8 Å². The van der Waals surface area contributed by atoms with E-state index in [0.29, 0.717) is 0 Å². The molecule has 16 heavy (non-hydrogen) atoms. The highest BCUT2D eigenvalue weighted by molar-refractivity contribution is 4.82. The van der Waals surface area contributed by atoms with Gasteiger partial charge in [0.05, 0.1) is 5.60 Å². The van der Waals surface area contributed by atoms with Crippen molar-refractivity contribution in [1.82, 2.24) is 10.6 Å². The molecule has 2 unspecified atom stereocenters. The molecule has 0 aromatic rings. The average Bonchev–Trinajstić information content (AvgIpc) is 2.74. The van der Waals surface area contributed by atoms with Gasteiger partial charge in [0.1, 0.15) is 0 Å². The fourth-order valence-electron chi connectivity index (χ4n) is 2.81. The topological polar surface area (TPSA) is 33.3 Å². The van der Waals surface area contributed by atoms with Crippen LogP contribution in [0.2, 0.25) is 0 Å². The van der Waals surface area contributed by atoms with Crippen molar-refractivity contribution < 1.29 is 4.74 Å². The summed E-state index contributed by atoms with van der Waals surface area (Å²) < 4.78 is 5.76. The molecule has 2 aliphatic rings. The van der Waals surface area contributed by atoms with Crippen molar-refractivity contribution in [3.05, 3.63) is 0 Å². The number of nitrogens with one attached hydrogen (secondary N) is 2. The highest BCUT2D eigenvalue weighted by Gasteiger charge is 2.28. The third kappa shape index (κ3) is 3.72. The summed E-state index contributed by atoms with van der Waals surface area (Å²) in [5, 5.41) is 7.03. The Morgan fingerprint density at radius 3 is 3.06 bits per heavy atom. The summed E-state index contributed by atoms with van der Waals surface area (Å²) in [5.41, 5.74) is 0.116. The Labute approximate surface area is 99.3 Å². The molecule has 2 saturated heterocycles. The molecular formula is C13H26N2O. The largest absolute Gasteiger partial charge is 0.374 e. The van der Waals surface area contributed by atoms with Crippen molar-refractivity contribution in [1.29, 1.82) is 0 Å². The molecule has 2 fully saturated rings. The quantitative estimate of drug-likeness (QED) is 0.698. The third-order valence-electron chi connectivity index (χ3n) is 3.93.